The van der Waals surface area contributed by atoms with Gasteiger partial charge in [0, 0.05) is 11.2 Å². The summed E-state index contributed by atoms with van der Waals surface area (Å²) in [5, 5.41) is 0.832. The summed E-state index contributed by atoms with van der Waals surface area (Å²) in [6, 6.07) is 0. The summed E-state index contributed by atoms with van der Waals surface area (Å²) in [6.45, 7) is 0. The van der Waals surface area contributed by atoms with Crippen LogP contribution in [-0.2, 0) is 11.3 Å². The third kappa shape index (κ3) is 1.67. The van der Waals surface area contributed by atoms with E-state index in [1.807, 2.05) is 24.3 Å². The van der Waals surface area contributed by atoms with Crippen molar-refractivity contribution in [1.29, 1.82) is 0 Å². The Balaban J connectivity index is 2.84. The number of allylic oxidation sites excluding steroid dienone is 4. The van der Waals surface area contributed by atoms with Gasteiger partial charge in [0.2, 0.25) is 0 Å². The molecular formula is C7H7BrOS. The highest BCUT2D eigenvalue weighted by Gasteiger charge is 2.09. The van der Waals surface area contributed by atoms with Crippen LogP contribution in [0.2, 0.25) is 0 Å². The molecule has 3 heteroatoms. The van der Waals surface area contributed by atoms with Crippen molar-refractivity contribution in [3.8, 4) is 0 Å². The highest BCUT2D eigenvalue weighted by molar-refractivity contribution is 9.09. The number of halogens is 1. The lowest BCUT2D eigenvalue weighted by atomic mass is 10.0. The maximum Gasteiger partial charge on any atom is 0.0927 e. The van der Waals surface area contributed by atoms with Crippen LogP contribution in [0.5, 0.6) is 0 Å². The zero-order chi connectivity index (χ0) is 7.40. The second-order valence-corrected chi connectivity index (χ2v) is 3.28. The Morgan fingerprint density at radius 1 is 1.60 bits per heavy atom. The zero-order valence-electron chi connectivity index (χ0n) is 5.29. The molecule has 0 heterocycles. The molecule has 0 aromatic heterocycles. The summed E-state index contributed by atoms with van der Waals surface area (Å²) < 4.78 is 10.4. The third-order valence-corrected chi connectivity index (χ3v) is 2.67. The molecule has 54 valence electrons. The van der Waals surface area contributed by atoms with Crippen LogP contribution in [0.25, 0.3) is 0 Å². The highest BCUT2D eigenvalue weighted by Crippen LogP contribution is 2.10. The van der Waals surface area contributed by atoms with E-state index >= 15 is 0 Å². The number of hydrogen-bond donors (Lipinski definition) is 0. The first-order valence-electron chi connectivity index (χ1n) is 2.96. The molecule has 0 spiro atoms. The summed E-state index contributed by atoms with van der Waals surface area (Å²) >= 11 is 3.91. The fourth-order valence-electron chi connectivity index (χ4n) is 0.784. The topological polar surface area (TPSA) is 17.1 Å². The monoisotopic (exact) mass is 218 g/mol. The molecular weight excluding hydrogens is 212 g/mol. The highest BCUT2D eigenvalue weighted by atomic mass is 79.9. The van der Waals surface area contributed by atoms with Crippen LogP contribution in [0, 0.1) is 5.92 Å². The third-order valence-electron chi connectivity index (χ3n) is 1.34. The van der Waals surface area contributed by atoms with E-state index in [0.29, 0.717) is 11.3 Å². The van der Waals surface area contributed by atoms with Gasteiger partial charge in [-0.25, -0.2) is 4.21 Å². The zero-order valence-corrected chi connectivity index (χ0v) is 7.69. The van der Waals surface area contributed by atoms with Gasteiger partial charge in [-0.05, 0) is 6.08 Å². The summed E-state index contributed by atoms with van der Waals surface area (Å²) in [5.41, 5.74) is 0. The van der Waals surface area contributed by atoms with E-state index in [1.165, 1.54) is 0 Å². The molecule has 0 aromatic rings. The lowest BCUT2D eigenvalue weighted by Crippen LogP contribution is -2.12. The number of alkyl halides is 1. The van der Waals surface area contributed by atoms with E-state index in [-0.39, 0.29) is 5.92 Å². The first-order valence-corrected chi connectivity index (χ1v) is 4.82. The van der Waals surface area contributed by atoms with Crippen molar-refractivity contribution in [2.45, 2.75) is 0 Å². The van der Waals surface area contributed by atoms with E-state index in [4.69, 9.17) is 0 Å². The molecule has 0 fully saturated rings. The first-order chi connectivity index (χ1) is 4.88. The Hall–Kier alpha value is -0.150. The summed E-state index contributed by atoms with van der Waals surface area (Å²) in [4.78, 5) is 0.888. The predicted octanol–water partition coefficient (Wildman–Crippen LogP) is 1.51. The largest absolute Gasteiger partial charge is 0.212 e. The van der Waals surface area contributed by atoms with Crippen molar-refractivity contribution in [3.05, 3.63) is 24.3 Å². The Kier molecular flexibility index (Phi) is 3.09. The minimum Gasteiger partial charge on any atom is -0.212 e. The minimum absolute atomic E-state index is 0.285. The molecule has 1 aliphatic rings. The lowest BCUT2D eigenvalue weighted by molar-refractivity contribution is 0.700. The van der Waals surface area contributed by atoms with Crippen molar-refractivity contribution < 1.29 is 4.21 Å². The Bertz CT molecular complexity index is 226. The van der Waals surface area contributed by atoms with E-state index in [1.54, 1.807) is 0 Å². The molecule has 0 bridgehead atoms. The molecule has 1 aliphatic carbocycles. The van der Waals surface area contributed by atoms with Crippen LogP contribution in [-0.4, -0.2) is 14.4 Å². The molecule has 10 heavy (non-hydrogen) atoms. The molecule has 0 N–H and O–H groups in total. The van der Waals surface area contributed by atoms with E-state index in [2.05, 4.69) is 15.9 Å². The fraction of sp³-hybridized carbons (Fsp3) is 0.286. The lowest BCUT2D eigenvalue weighted by Gasteiger charge is -2.08. The average Bonchev–Trinajstić information content (AvgIpc) is 2.04. The molecule has 0 saturated carbocycles. The van der Waals surface area contributed by atoms with Crippen LogP contribution >= 0.6 is 15.9 Å². The van der Waals surface area contributed by atoms with Gasteiger partial charge in [0.25, 0.3) is 0 Å². The standard InChI is InChI=1S/C7H7BrOS/c8-5-6-3-1-2-4-7(6)10-9/h1-4,6H,5H2. The fourth-order valence-corrected chi connectivity index (χ4v) is 1.98. The molecule has 1 unspecified atom stereocenters. The van der Waals surface area contributed by atoms with Gasteiger partial charge in [-0.1, -0.05) is 34.2 Å². The SMILES string of the molecule is O=S=C1C=CC=CC1CBr. The maximum absolute atomic E-state index is 10.4. The van der Waals surface area contributed by atoms with Crippen molar-refractivity contribution in [2.24, 2.45) is 5.92 Å². The van der Waals surface area contributed by atoms with Gasteiger partial charge in [0.1, 0.15) is 0 Å². The maximum atomic E-state index is 10.4. The van der Waals surface area contributed by atoms with E-state index in [9.17, 15) is 4.21 Å². The molecule has 0 aliphatic heterocycles. The van der Waals surface area contributed by atoms with Crippen molar-refractivity contribution in [3.63, 3.8) is 0 Å². The predicted molar refractivity (Wildman–Crippen MR) is 48.7 cm³/mol. The molecule has 1 atom stereocenters. The molecule has 1 rings (SSSR count). The van der Waals surface area contributed by atoms with Crippen molar-refractivity contribution in [2.75, 3.05) is 5.33 Å². The number of rotatable bonds is 1. The second-order valence-electron chi connectivity index (χ2n) is 1.99. The molecule has 0 saturated heterocycles. The second kappa shape index (κ2) is 3.88. The molecule has 0 radical (unpaired) electrons. The van der Waals surface area contributed by atoms with Crippen LogP contribution in [0.15, 0.2) is 24.3 Å². The Labute approximate surface area is 72.0 Å². The van der Waals surface area contributed by atoms with Gasteiger partial charge in [-0.2, -0.15) is 0 Å². The van der Waals surface area contributed by atoms with Crippen LogP contribution in [0.4, 0.5) is 0 Å². The van der Waals surface area contributed by atoms with Gasteiger partial charge in [-0.3, -0.25) is 0 Å². The smallest absolute Gasteiger partial charge is 0.0927 e. The van der Waals surface area contributed by atoms with E-state index < -0.39 is 0 Å². The van der Waals surface area contributed by atoms with Crippen LogP contribution < -0.4 is 0 Å². The number of hydrogen-bond acceptors (Lipinski definition) is 1. The van der Waals surface area contributed by atoms with Gasteiger partial charge in [-0.15, -0.1) is 0 Å². The van der Waals surface area contributed by atoms with Crippen molar-refractivity contribution in [1.82, 2.24) is 0 Å². The van der Waals surface area contributed by atoms with Gasteiger partial charge in [0.15, 0.2) is 0 Å². The van der Waals surface area contributed by atoms with Gasteiger partial charge < -0.3 is 0 Å². The Morgan fingerprint density at radius 3 is 2.90 bits per heavy atom. The van der Waals surface area contributed by atoms with E-state index in [0.717, 1.165) is 10.2 Å². The van der Waals surface area contributed by atoms with Gasteiger partial charge in [0.05, 0.1) is 16.1 Å². The normalized spacial score (nSPS) is 23.3. The molecule has 0 amide bonds. The average molecular weight is 219 g/mol. The summed E-state index contributed by atoms with van der Waals surface area (Å²) in [5.74, 6) is 0.285. The molecule has 0 aromatic carbocycles. The van der Waals surface area contributed by atoms with Crippen LogP contribution in [0.3, 0.4) is 0 Å². The van der Waals surface area contributed by atoms with Crippen LogP contribution in [0.1, 0.15) is 0 Å². The summed E-state index contributed by atoms with van der Waals surface area (Å²) in [7, 11) is 0. The molecule has 1 nitrogen and oxygen atoms in total. The summed E-state index contributed by atoms with van der Waals surface area (Å²) in [6.07, 6.45) is 7.74. The quantitative estimate of drug-likeness (QED) is 0.482. The van der Waals surface area contributed by atoms with Gasteiger partial charge >= 0.3 is 0 Å². The van der Waals surface area contributed by atoms with Crippen molar-refractivity contribution >= 4 is 32.1 Å². The Morgan fingerprint density at radius 2 is 2.40 bits per heavy atom. The first kappa shape index (κ1) is 7.95. The minimum atomic E-state index is 0.285.